The van der Waals surface area contributed by atoms with Gasteiger partial charge in [-0.25, -0.2) is 44.7 Å². The van der Waals surface area contributed by atoms with Crippen molar-refractivity contribution in [1.82, 2.24) is 4.72 Å². The summed E-state index contributed by atoms with van der Waals surface area (Å²) in [5, 5.41) is 111. The number of nitrogens with one attached hydrogen (secondary N) is 1. The van der Waals surface area contributed by atoms with Crippen LogP contribution < -0.4 is 42.4 Å². The highest BCUT2D eigenvalue weighted by Crippen LogP contribution is 2.29. The van der Waals surface area contributed by atoms with E-state index in [0.29, 0.717) is 0 Å². The van der Waals surface area contributed by atoms with Gasteiger partial charge in [0.15, 0.2) is 6.04 Å². The van der Waals surface area contributed by atoms with Gasteiger partial charge in [-0.15, -0.1) is 0 Å². The van der Waals surface area contributed by atoms with Gasteiger partial charge in [0, 0.05) is 51.4 Å². The molecular weight excluding hydrogens is 2200 g/mol. The molecule has 0 aromatic heterocycles. The number of benzene rings is 9. The smallest absolute Gasteiger partial charge is 0.446 e. The highest BCUT2D eigenvalue weighted by atomic mass is 32.3. The van der Waals surface area contributed by atoms with Gasteiger partial charge in [-0.3, -0.25) is 45.5 Å². The Balaban J connectivity index is 1.29. The van der Waals surface area contributed by atoms with Gasteiger partial charge < -0.3 is 83.6 Å². The zero-order valence-electron chi connectivity index (χ0n) is 74.7. The molecule has 9 aromatic carbocycles. The topological polar surface area (TPSA) is 937 Å². The normalized spacial score (nSPS) is 15.4. The minimum atomic E-state index is -5.44. The van der Waals surface area contributed by atoms with Crippen molar-refractivity contribution < 1.29 is 218 Å². The van der Waals surface area contributed by atoms with Gasteiger partial charge in [0.25, 0.3) is 0 Å². The van der Waals surface area contributed by atoms with Gasteiger partial charge in [0.05, 0.1) is 0 Å². The summed E-state index contributed by atoms with van der Waals surface area (Å²) in [6.07, 6.45) is -7.21. The number of carboxylic acids is 1. The number of rotatable bonds is 55. The maximum absolute atomic E-state index is 13.0. The molecule has 0 spiro atoms. The third kappa shape index (κ3) is 43.8. The van der Waals surface area contributed by atoms with E-state index in [0.717, 1.165) is 218 Å². The largest absolute Gasteiger partial charge is 0.495 e. The van der Waals surface area contributed by atoms with Gasteiger partial charge in [-0.05, 0) is 166 Å². The summed E-state index contributed by atoms with van der Waals surface area (Å²) >= 11 is 0. The molecule has 0 aliphatic heterocycles. The Hall–Kier alpha value is -14.5. The highest BCUT2D eigenvalue weighted by Gasteiger charge is 2.34. The SMILES string of the molecule is O=C(O)[C@H](Cc1ccc(OS(=O)(=O)O)cc1)N=C(O)[C@H](Cc1ccc(OS(=O)(=O)O)cc1)N=C(O)[C@H](Cc1ccc(OS(=O)(=O)O)cc1)N=C(O)[C@H](Cc1ccc(OS(=O)(=O)O)cc1)N=C(O)[C@H](Cc1ccc(OS(=O)(=O)O)cc1)N=C(O)[C@H](Cc1ccc(OS(=O)(=O)O)cc1)N=C(O)[C@H](Cc1ccc(OS(=O)(=O)O)cc1)N=C(O)[C@H](Cc1ccc(OS(=O)(=O)O)cc1)N=C(O)[C@H](Cc1ccc(OS(=O)(=O)O)cc1)NS(=O)(=O)O. The first kappa shape index (κ1) is 118. The second-order valence-corrected chi connectivity index (χ2v) is 41.1. The molecule has 0 saturated carbocycles. The predicted molar refractivity (Wildman–Crippen MR) is 518 cm³/mol. The van der Waals surface area contributed by atoms with Crippen molar-refractivity contribution in [2.75, 3.05) is 0 Å². The standard InChI is InChI=1S/C81H83N9O49S10/c91-73(83-66(39-48-5-23-57(24-6-48)133-143(110,111)112)75(93)85-68(41-50-9-27-59(28-10-50)135-145(116,117)118)77(95)87-70(43-52-13-31-61(32-14-52)137-147(122,123)124)79(97)89-72(81(99)100)45-54-17-35-63(36-18-54)139-149(128,129)130)64(37-46-1-19-55(20-2-46)131-141(104,105)106)82-74(92)65(38-47-3-21-56(22-4-47)132-142(107,108)109)84-76(94)67(40-49-7-25-58(26-8-49)134-144(113,114)115)86-78(96)69(42-51-11-29-60(30-12-51)136-146(119,120)121)88-80(98)71(90-140(101,102)103)44-53-15-33-62(34-16-53)138-148(125,126)127/h1-36,64-72,90H,37-45H2,(H,82,92)(H,83,91)(H,84,94)(H,85,93)(H,86,96)(H,87,95)(H,88,98)(H,89,97)(H,99,100)(H,101,102,103)(H,104,105,106)(H,107,108,109)(H,110,111,112)(H,113,114,115)(H,116,117,118)(H,119,120,121)(H,122,123,124)(H,125,126,127)(H,128,129,130)/t64-,65-,66-,67-,68-,69-,70-,71-,72-/m0/s1. The molecular formula is C81H83N9O49S10. The zero-order chi connectivity index (χ0) is 110. The van der Waals surface area contributed by atoms with Crippen LogP contribution >= 0.6 is 0 Å². The maximum Gasteiger partial charge on any atom is 0.446 e. The monoisotopic (exact) mass is 2290 g/mol. The van der Waals surface area contributed by atoms with Crippen molar-refractivity contribution >= 4 is 157 Å². The molecule has 0 bridgehead atoms. The Morgan fingerprint density at radius 2 is 0.302 bits per heavy atom. The van der Waals surface area contributed by atoms with Crippen molar-refractivity contribution in [2.45, 2.75) is 112 Å². The molecule has 9 rings (SSSR count). The van der Waals surface area contributed by atoms with E-state index in [1.807, 2.05) is 0 Å². The number of nitrogens with zero attached hydrogens (tertiary/aromatic N) is 8. The van der Waals surface area contributed by atoms with E-state index in [4.69, 9.17) is 0 Å². The molecule has 0 unspecified atom stereocenters. The molecule has 806 valence electrons. The number of carboxylic acid groups (broad SMARTS) is 1. The summed E-state index contributed by atoms with van der Waals surface area (Å²) in [5.74, 6) is -17.7. The van der Waals surface area contributed by atoms with E-state index in [-0.39, 0.29) is 50.1 Å². The Labute approximate surface area is 846 Å². The van der Waals surface area contributed by atoms with Crippen LogP contribution in [0.15, 0.2) is 258 Å². The number of hydrogen-bond donors (Lipinski definition) is 20. The van der Waals surface area contributed by atoms with Crippen molar-refractivity contribution in [1.29, 1.82) is 0 Å². The van der Waals surface area contributed by atoms with Crippen LogP contribution in [0.25, 0.3) is 0 Å². The predicted octanol–water partition coefficient (Wildman–Crippen LogP) is 5.25. The number of aliphatic hydroxyl groups is 8. The second-order valence-electron chi connectivity index (χ2n) is 30.7. The summed E-state index contributed by atoms with van der Waals surface area (Å²) in [6, 6.07) is 16.2. The van der Waals surface area contributed by atoms with E-state index >= 15 is 0 Å². The third-order valence-electron chi connectivity index (χ3n) is 19.3. The quantitative estimate of drug-likeness (QED) is 0.0131. The van der Waals surface area contributed by atoms with Crippen molar-refractivity contribution in [3.05, 3.63) is 268 Å². The second kappa shape index (κ2) is 50.0. The summed E-state index contributed by atoms with van der Waals surface area (Å²) in [7, 11) is -52.4. The fourth-order valence-electron chi connectivity index (χ4n) is 13.1. The van der Waals surface area contributed by atoms with E-state index in [9.17, 15) is 180 Å². The van der Waals surface area contributed by atoms with E-state index in [1.54, 1.807) is 4.72 Å². The van der Waals surface area contributed by atoms with Crippen LogP contribution in [0.4, 0.5) is 0 Å². The zero-order valence-corrected chi connectivity index (χ0v) is 82.9. The van der Waals surface area contributed by atoms with Gasteiger partial charge >= 0.3 is 110 Å². The van der Waals surface area contributed by atoms with E-state index in [1.165, 1.54) is 0 Å². The van der Waals surface area contributed by atoms with Crippen molar-refractivity contribution in [2.24, 2.45) is 39.9 Å². The third-order valence-corrected chi connectivity index (χ3v) is 23.5. The number of aliphatic imine (C=N–C) groups is 8. The maximum atomic E-state index is 13.0. The minimum Gasteiger partial charge on any atom is -0.495 e. The Morgan fingerprint density at radius 3 is 0.423 bits per heavy atom. The molecule has 58 nitrogen and oxygen atoms in total. The van der Waals surface area contributed by atoms with Crippen molar-refractivity contribution in [3.63, 3.8) is 0 Å². The van der Waals surface area contributed by atoms with Crippen LogP contribution in [0.3, 0.4) is 0 Å². The molecule has 149 heavy (non-hydrogen) atoms. The van der Waals surface area contributed by atoms with Crippen LogP contribution in [-0.2, 0) is 166 Å². The molecule has 0 radical (unpaired) electrons. The van der Waals surface area contributed by atoms with Crippen LogP contribution in [0.1, 0.15) is 50.1 Å². The van der Waals surface area contributed by atoms with Crippen LogP contribution in [-0.4, -0.2) is 283 Å². The lowest BCUT2D eigenvalue weighted by molar-refractivity contribution is -0.138. The molecule has 0 saturated heterocycles. The highest BCUT2D eigenvalue weighted by molar-refractivity contribution is 7.84. The Morgan fingerprint density at radius 1 is 0.188 bits per heavy atom. The molecule has 0 fully saturated rings. The average molecular weight is 2290 g/mol. The first-order valence-corrected chi connectivity index (χ1v) is 54.6. The summed E-state index contributed by atoms with van der Waals surface area (Å²) < 4.78 is 375. The summed E-state index contributed by atoms with van der Waals surface area (Å²) in [6.45, 7) is 0. The number of carbonyl (C=O) groups is 1. The van der Waals surface area contributed by atoms with Crippen LogP contribution in [0.5, 0.6) is 51.7 Å². The molecule has 9 aromatic rings. The molecule has 0 amide bonds. The fourth-order valence-corrected chi connectivity index (χ4v) is 16.9. The summed E-state index contributed by atoms with van der Waals surface area (Å²) in [5.41, 5.74) is -0.649. The summed E-state index contributed by atoms with van der Waals surface area (Å²) in [4.78, 5) is 46.9. The van der Waals surface area contributed by atoms with Crippen LogP contribution in [0, 0.1) is 0 Å². The molecule has 20 N–H and O–H groups in total. The first-order valence-electron chi connectivity index (χ1n) is 40.9. The molecule has 0 aliphatic rings. The number of aliphatic carboxylic acids is 1. The Bertz CT molecular complexity index is 7790. The van der Waals surface area contributed by atoms with E-state index in [2.05, 4.69) is 77.6 Å². The fraction of sp³-hybridized carbons (Fsp3) is 0.222. The average Bonchev–Trinajstić information content (AvgIpc) is 0.673. The Kier molecular flexibility index (Phi) is 39.6. The van der Waals surface area contributed by atoms with Gasteiger partial charge in [-0.2, -0.15) is 88.9 Å². The number of aliphatic hydroxyl groups excluding tert-OH is 8. The van der Waals surface area contributed by atoms with Crippen LogP contribution in [0.2, 0.25) is 0 Å². The number of hydrogen-bond acceptors (Lipinski definition) is 38. The molecule has 9 atom stereocenters. The lowest BCUT2D eigenvalue weighted by Gasteiger charge is -2.21. The lowest BCUT2D eigenvalue weighted by atomic mass is 10.0. The molecule has 68 heteroatoms. The van der Waals surface area contributed by atoms with E-state index < -0.39 is 321 Å². The minimum absolute atomic E-state index is 0.0229. The van der Waals surface area contributed by atoms with Gasteiger partial charge in [-0.1, -0.05) is 109 Å². The van der Waals surface area contributed by atoms with Gasteiger partial charge in [0.1, 0.15) is 100 Å². The lowest BCUT2D eigenvalue weighted by Crippen LogP contribution is -2.43. The first-order chi connectivity index (χ1) is 69.0. The molecule has 0 aliphatic carbocycles. The van der Waals surface area contributed by atoms with Gasteiger partial charge in [0.2, 0.25) is 47.2 Å². The van der Waals surface area contributed by atoms with Crippen molar-refractivity contribution in [3.8, 4) is 51.7 Å². The molecule has 0 heterocycles.